The van der Waals surface area contributed by atoms with Gasteiger partial charge in [-0.05, 0) is 145 Å². The third kappa shape index (κ3) is 12.7. The van der Waals surface area contributed by atoms with Crippen LogP contribution in [0.15, 0.2) is 95.0 Å². The molecule has 4 saturated heterocycles. The average molecular weight is 1060 g/mol. The molecular formula is C60H82N14O4. The maximum absolute atomic E-state index is 13.8. The van der Waals surface area contributed by atoms with Gasteiger partial charge in [0.1, 0.15) is 0 Å². The Morgan fingerprint density at radius 3 is 1.40 bits per heavy atom. The number of ether oxygens (including phenoxy) is 2. The number of likely N-dealkylation sites (N-methyl/N-ethyl adjacent to an activating group) is 1. The number of rotatable bonds is 13. The third-order valence-electron chi connectivity index (χ3n) is 17.5. The van der Waals surface area contributed by atoms with Crippen LogP contribution in [0.3, 0.4) is 0 Å². The minimum absolute atomic E-state index is 0.0290. The van der Waals surface area contributed by atoms with Gasteiger partial charge in [0.25, 0.3) is 0 Å². The van der Waals surface area contributed by atoms with Crippen LogP contribution in [0.25, 0.3) is 34.2 Å². The summed E-state index contributed by atoms with van der Waals surface area (Å²) in [6.07, 6.45) is 20.2. The van der Waals surface area contributed by atoms with E-state index in [0.717, 1.165) is 129 Å². The number of hydrogen-bond donors (Lipinski definition) is 3. The molecule has 4 aromatic heterocycles. The van der Waals surface area contributed by atoms with Crippen molar-refractivity contribution in [3.8, 4) is 34.2 Å². The van der Waals surface area contributed by atoms with E-state index in [9.17, 15) is 9.59 Å². The van der Waals surface area contributed by atoms with E-state index in [1.807, 2.05) is 70.9 Å². The van der Waals surface area contributed by atoms with E-state index >= 15 is 0 Å². The molecule has 78 heavy (non-hydrogen) atoms. The second kappa shape index (κ2) is 25.4. The summed E-state index contributed by atoms with van der Waals surface area (Å²) < 4.78 is 18.5. The summed E-state index contributed by atoms with van der Waals surface area (Å²) in [4.78, 5) is 54.4. The molecule has 0 atom stereocenters. The van der Waals surface area contributed by atoms with Crippen molar-refractivity contribution in [2.75, 3.05) is 96.0 Å². The second-order valence-electron chi connectivity index (χ2n) is 22.5. The van der Waals surface area contributed by atoms with Crippen LogP contribution in [0, 0.1) is 13.8 Å². The quantitative estimate of drug-likeness (QED) is 0.104. The Labute approximate surface area is 459 Å². The molecular weight excluding hydrogens is 981 g/mol. The van der Waals surface area contributed by atoms with E-state index in [1.165, 1.54) is 51.9 Å². The van der Waals surface area contributed by atoms with Crippen molar-refractivity contribution >= 4 is 11.9 Å². The van der Waals surface area contributed by atoms with Crippen molar-refractivity contribution in [1.82, 2.24) is 58.2 Å². The molecule has 0 radical (unpaired) electrons. The van der Waals surface area contributed by atoms with Crippen LogP contribution in [0.1, 0.15) is 107 Å². The van der Waals surface area contributed by atoms with Crippen LogP contribution < -0.4 is 27.3 Å². The Kier molecular flexibility index (Phi) is 17.6. The van der Waals surface area contributed by atoms with Crippen LogP contribution in [-0.2, 0) is 9.47 Å². The summed E-state index contributed by atoms with van der Waals surface area (Å²) >= 11 is 0. The molecule has 0 amide bonds. The van der Waals surface area contributed by atoms with Gasteiger partial charge >= 0.3 is 11.4 Å². The molecule has 416 valence electrons. The number of nitrogens with one attached hydrogen (secondary N) is 3. The Balaban J connectivity index is 0.000000166. The molecule has 0 unspecified atom stereocenters. The molecule has 2 aliphatic carbocycles. The number of piperazine rings is 2. The van der Waals surface area contributed by atoms with Crippen molar-refractivity contribution in [3.63, 3.8) is 0 Å². The smallest absolute Gasteiger partial charge is 0.333 e. The van der Waals surface area contributed by atoms with Gasteiger partial charge in [0.05, 0.1) is 34.2 Å². The van der Waals surface area contributed by atoms with Crippen LogP contribution in [0.2, 0.25) is 0 Å². The molecule has 0 spiro atoms. The van der Waals surface area contributed by atoms with E-state index in [1.54, 1.807) is 21.5 Å². The van der Waals surface area contributed by atoms with Crippen LogP contribution in [-0.4, -0.2) is 162 Å². The Morgan fingerprint density at radius 2 is 0.974 bits per heavy atom. The van der Waals surface area contributed by atoms with Gasteiger partial charge in [-0.25, -0.2) is 29.5 Å². The minimum atomic E-state index is -0.0307. The highest BCUT2D eigenvalue weighted by molar-refractivity contribution is 5.60. The monoisotopic (exact) mass is 1060 g/mol. The third-order valence-corrected chi connectivity index (χ3v) is 17.5. The summed E-state index contributed by atoms with van der Waals surface area (Å²) in [5, 5.41) is 10.7. The molecule has 6 fully saturated rings. The maximum atomic E-state index is 13.8. The fraction of sp³-hybridized carbons (Fsp3) is 0.567. The second-order valence-corrected chi connectivity index (χ2v) is 22.5. The summed E-state index contributed by atoms with van der Waals surface area (Å²) in [7, 11) is 0. The summed E-state index contributed by atoms with van der Waals surface area (Å²) in [6, 6.07) is 22.4. The lowest BCUT2D eigenvalue weighted by molar-refractivity contribution is 0.0685. The van der Waals surface area contributed by atoms with Crippen LogP contribution in [0.5, 0.6) is 0 Å². The number of aromatic nitrogens is 8. The molecule has 12 rings (SSSR count). The lowest BCUT2D eigenvalue weighted by atomic mass is 9.90. The Hall–Kier alpha value is -6.02. The summed E-state index contributed by atoms with van der Waals surface area (Å²) in [5.41, 5.74) is 6.97. The van der Waals surface area contributed by atoms with E-state index in [-0.39, 0.29) is 23.5 Å². The minimum Gasteiger partial charge on any atom is -0.381 e. The van der Waals surface area contributed by atoms with E-state index < -0.39 is 0 Å². The van der Waals surface area contributed by atoms with E-state index in [0.29, 0.717) is 62.5 Å². The van der Waals surface area contributed by atoms with Crippen molar-refractivity contribution in [2.24, 2.45) is 0 Å². The maximum Gasteiger partial charge on any atom is 0.333 e. The highest BCUT2D eigenvalue weighted by atomic mass is 16.5. The zero-order chi connectivity index (χ0) is 53.4. The van der Waals surface area contributed by atoms with Crippen molar-refractivity contribution in [1.29, 1.82) is 0 Å². The van der Waals surface area contributed by atoms with E-state index in [2.05, 4.69) is 72.7 Å². The van der Waals surface area contributed by atoms with Crippen LogP contribution in [0.4, 0.5) is 11.9 Å². The molecule has 4 aliphatic heterocycles. The number of imidazole rings is 2. The molecule has 2 aromatic carbocycles. The normalized spacial score (nSPS) is 23.4. The number of benzene rings is 2. The predicted molar refractivity (Wildman–Crippen MR) is 307 cm³/mol. The SMILES string of the molecule is CCN1CCN(C2CCC(Nc3nccc(-c4cn(C5CCOCC5)c(=O)n4-c4cccc(C)c4)n3)CC2)CC1.Cc1cccc(-n2c(-c3ccnc(NC4CCC(N5CCNCC5)CC4)n3)cn(C3CCOCC3)c2=O)c1. The fourth-order valence-electron chi connectivity index (χ4n) is 12.9. The van der Waals surface area contributed by atoms with Gasteiger partial charge in [-0.3, -0.25) is 28.1 Å². The number of aryl methyl sites for hydroxylation is 2. The highest BCUT2D eigenvalue weighted by Crippen LogP contribution is 2.31. The van der Waals surface area contributed by atoms with Gasteiger partial charge in [0.2, 0.25) is 11.9 Å². The zero-order valence-electron chi connectivity index (χ0n) is 46.3. The number of nitrogens with zero attached hydrogens (tertiary/aromatic N) is 11. The first kappa shape index (κ1) is 54.0. The standard InChI is InChI=1S/C31H43N7O2.C29H39N7O2/c1-3-35-15-17-36(18-16-35)25-9-7-24(8-10-25)33-30-32-14-11-28(34-30)29-22-37(26-12-19-40-20-13-26)31(39)38(29)27-6-4-5-23(2)21-27;1-21-3-2-4-25(19-21)36-27(20-35(29(36)37)24-10-17-38-18-11-24)26-9-12-31-28(33-26)32-22-5-7-23(8-6-22)34-15-13-30-14-16-34/h4-6,11,14,21-22,24-26H,3,7-10,12-13,15-20H2,1-2H3,(H,32,33,34);2-4,9,12,19-20,22-24,30H,5-8,10-11,13-18H2,1H3,(H,31,32,33). The van der Waals surface area contributed by atoms with Crippen molar-refractivity contribution in [2.45, 2.75) is 134 Å². The first-order valence-electron chi connectivity index (χ1n) is 29.3. The molecule has 8 heterocycles. The van der Waals surface area contributed by atoms with Crippen molar-refractivity contribution in [3.05, 3.63) is 118 Å². The first-order valence-corrected chi connectivity index (χ1v) is 29.3. The fourth-order valence-corrected chi connectivity index (χ4v) is 12.9. The lowest BCUT2D eigenvalue weighted by Gasteiger charge is -2.41. The van der Waals surface area contributed by atoms with Crippen LogP contribution >= 0.6 is 0 Å². The van der Waals surface area contributed by atoms with Gasteiger partial charge in [-0.1, -0.05) is 31.2 Å². The van der Waals surface area contributed by atoms with Crippen molar-refractivity contribution < 1.29 is 9.47 Å². The molecule has 18 nitrogen and oxygen atoms in total. The summed E-state index contributed by atoms with van der Waals surface area (Å²) in [5.74, 6) is 1.27. The number of hydrogen-bond acceptors (Lipinski definition) is 14. The summed E-state index contributed by atoms with van der Waals surface area (Å²) in [6.45, 7) is 19.5. The molecule has 0 bridgehead atoms. The molecule has 6 aromatic rings. The molecule has 18 heteroatoms. The predicted octanol–water partition coefficient (Wildman–Crippen LogP) is 7.50. The van der Waals surface area contributed by atoms with Gasteiger partial charge in [-0.15, -0.1) is 0 Å². The Bertz CT molecular complexity index is 3020. The molecule has 3 N–H and O–H groups in total. The van der Waals surface area contributed by atoms with Gasteiger partial charge in [0, 0.05) is 140 Å². The molecule has 2 saturated carbocycles. The van der Waals surface area contributed by atoms with Gasteiger partial charge < -0.3 is 30.3 Å². The number of anilines is 2. The topological polar surface area (TPSA) is 170 Å². The average Bonchev–Trinajstić information content (AvgIpc) is 4.18. The largest absolute Gasteiger partial charge is 0.381 e. The van der Waals surface area contributed by atoms with E-state index in [4.69, 9.17) is 19.4 Å². The lowest BCUT2D eigenvalue weighted by Crippen LogP contribution is -2.51. The molecule has 6 aliphatic rings. The van der Waals surface area contributed by atoms with Gasteiger partial charge in [0.15, 0.2) is 0 Å². The zero-order valence-corrected chi connectivity index (χ0v) is 46.3. The van der Waals surface area contributed by atoms with Gasteiger partial charge in [-0.2, -0.15) is 0 Å². The highest BCUT2D eigenvalue weighted by Gasteiger charge is 2.31. The first-order chi connectivity index (χ1) is 38.2. The Morgan fingerprint density at radius 1 is 0.538 bits per heavy atom.